The van der Waals surface area contributed by atoms with Crippen molar-refractivity contribution >= 4 is 27.1 Å². The molecule has 1 fully saturated rings. The van der Waals surface area contributed by atoms with Gasteiger partial charge in [-0.2, -0.15) is 0 Å². The van der Waals surface area contributed by atoms with Crippen molar-refractivity contribution in [3.63, 3.8) is 0 Å². The van der Waals surface area contributed by atoms with Crippen LogP contribution in [-0.4, -0.2) is 41.9 Å². The molecule has 30 heavy (non-hydrogen) atoms. The Hall–Kier alpha value is -2.52. The number of aryl methyl sites for hydroxylation is 2. The first kappa shape index (κ1) is 20.7. The molecule has 1 atom stereocenters. The third-order valence-corrected chi connectivity index (χ3v) is 8.14. The van der Waals surface area contributed by atoms with Crippen LogP contribution in [0.15, 0.2) is 40.2 Å². The van der Waals surface area contributed by atoms with Gasteiger partial charge in [-0.15, -0.1) is 11.3 Å². The molecule has 0 radical (unpaired) electrons. The molecule has 1 aliphatic heterocycles. The summed E-state index contributed by atoms with van der Waals surface area (Å²) in [6.07, 6.45) is 0.395. The molecule has 0 N–H and O–H groups in total. The summed E-state index contributed by atoms with van der Waals surface area (Å²) in [5, 5.41) is 5.83. The van der Waals surface area contributed by atoms with Crippen molar-refractivity contribution in [1.82, 2.24) is 10.1 Å². The Morgan fingerprint density at radius 2 is 2.07 bits per heavy atom. The van der Waals surface area contributed by atoms with E-state index in [4.69, 9.17) is 4.52 Å². The minimum absolute atomic E-state index is 0.0585. The Morgan fingerprint density at radius 3 is 2.70 bits per heavy atom. The molecular weight excluding hydrogens is 427 g/mol. The van der Waals surface area contributed by atoms with Crippen molar-refractivity contribution in [2.24, 2.45) is 0 Å². The third-order valence-electron chi connectivity index (χ3n) is 5.38. The molecule has 158 valence electrons. The largest absolute Gasteiger partial charge is 0.355 e. The lowest BCUT2D eigenvalue weighted by Gasteiger charge is -2.27. The summed E-state index contributed by atoms with van der Waals surface area (Å²) in [6, 6.07) is 7.69. The molecule has 0 bridgehead atoms. The van der Waals surface area contributed by atoms with E-state index in [0.717, 1.165) is 10.4 Å². The summed E-state index contributed by atoms with van der Waals surface area (Å²) in [7, 11) is -3.17. The Balaban J connectivity index is 1.64. The lowest BCUT2D eigenvalue weighted by atomic mass is 10.1. The molecule has 4 rings (SSSR count). The maximum absolute atomic E-state index is 13.9. The summed E-state index contributed by atoms with van der Waals surface area (Å²) in [6.45, 7) is 3.93. The molecule has 1 aliphatic rings. The van der Waals surface area contributed by atoms with Crippen molar-refractivity contribution in [2.45, 2.75) is 32.9 Å². The zero-order valence-corrected chi connectivity index (χ0v) is 18.2. The van der Waals surface area contributed by atoms with Crippen molar-refractivity contribution < 1.29 is 22.1 Å². The average molecular weight is 449 g/mol. The number of aromatic nitrogens is 1. The van der Waals surface area contributed by atoms with Crippen molar-refractivity contribution in [2.75, 3.05) is 11.5 Å². The number of rotatable bonds is 5. The molecule has 1 saturated heterocycles. The highest BCUT2D eigenvalue weighted by Gasteiger charge is 2.36. The summed E-state index contributed by atoms with van der Waals surface area (Å²) >= 11 is 1.53. The molecule has 0 aliphatic carbocycles. The highest BCUT2D eigenvalue weighted by Crippen LogP contribution is 2.27. The number of hydrogen-bond donors (Lipinski definition) is 0. The van der Waals surface area contributed by atoms with Gasteiger partial charge in [0.05, 0.1) is 18.1 Å². The molecule has 1 unspecified atom stereocenters. The molecule has 3 aromatic rings. The molecule has 1 aromatic carbocycles. The van der Waals surface area contributed by atoms with E-state index in [1.807, 2.05) is 18.4 Å². The van der Waals surface area contributed by atoms with Gasteiger partial charge in [0, 0.05) is 22.5 Å². The Labute approximate surface area is 178 Å². The summed E-state index contributed by atoms with van der Waals surface area (Å²) in [5.74, 6) is -0.479. The van der Waals surface area contributed by atoms with E-state index in [-0.39, 0.29) is 28.8 Å². The van der Waals surface area contributed by atoms with E-state index in [1.165, 1.54) is 23.5 Å². The lowest BCUT2D eigenvalue weighted by Crippen LogP contribution is -2.40. The van der Waals surface area contributed by atoms with Crippen LogP contribution < -0.4 is 0 Å². The molecular formula is C21H21FN2O4S2. The van der Waals surface area contributed by atoms with Crippen LogP contribution in [0.4, 0.5) is 4.39 Å². The van der Waals surface area contributed by atoms with Gasteiger partial charge in [-0.1, -0.05) is 17.3 Å². The molecule has 1 amide bonds. The van der Waals surface area contributed by atoms with Gasteiger partial charge in [-0.3, -0.25) is 4.79 Å². The fraction of sp³-hybridized carbons (Fsp3) is 0.333. The molecule has 9 heteroatoms. The Bertz CT molecular complexity index is 1200. The highest BCUT2D eigenvalue weighted by atomic mass is 32.2. The van der Waals surface area contributed by atoms with E-state index < -0.39 is 21.8 Å². The smallest absolute Gasteiger partial charge is 0.276 e. The SMILES string of the molecule is Cc1ccc(-c2cc(C(=O)N(Cc3sccc3C)C3CCS(=O)(=O)C3)no2)cc1F. The number of hydrogen-bond acceptors (Lipinski definition) is 6. The van der Waals surface area contributed by atoms with Crippen molar-refractivity contribution in [1.29, 1.82) is 0 Å². The van der Waals surface area contributed by atoms with E-state index in [0.29, 0.717) is 24.1 Å². The zero-order valence-electron chi connectivity index (χ0n) is 16.6. The fourth-order valence-corrected chi connectivity index (χ4v) is 6.15. The van der Waals surface area contributed by atoms with E-state index in [1.54, 1.807) is 24.0 Å². The topological polar surface area (TPSA) is 80.5 Å². The predicted octanol–water partition coefficient (Wildman–Crippen LogP) is 3.99. The second-order valence-corrected chi connectivity index (χ2v) is 10.8. The van der Waals surface area contributed by atoms with Crippen LogP contribution in [0.1, 0.15) is 32.9 Å². The zero-order chi connectivity index (χ0) is 21.5. The van der Waals surface area contributed by atoms with Gasteiger partial charge < -0.3 is 9.42 Å². The van der Waals surface area contributed by atoms with Gasteiger partial charge in [0.15, 0.2) is 21.3 Å². The van der Waals surface area contributed by atoms with Crippen LogP contribution in [-0.2, 0) is 16.4 Å². The first-order valence-corrected chi connectivity index (χ1v) is 12.2. The first-order chi connectivity index (χ1) is 14.2. The number of thiophene rings is 1. The first-order valence-electron chi connectivity index (χ1n) is 9.51. The lowest BCUT2D eigenvalue weighted by molar-refractivity contribution is 0.0672. The molecule has 6 nitrogen and oxygen atoms in total. The summed E-state index contributed by atoms with van der Waals surface area (Å²) in [5.41, 5.74) is 2.11. The van der Waals surface area contributed by atoms with Gasteiger partial charge in [0.2, 0.25) is 0 Å². The van der Waals surface area contributed by atoms with Crippen LogP contribution in [0, 0.1) is 19.7 Å². The van der Waals surface area contributed by atoms with Crippen LogP contribution >= 0.6 is 11.3 Å². The van der Waals surface area contributed by atoms with Gasteiger partial charge >= 0.3 is 0 Å². The maximum Gasteiger partial charge on any atom is 0.276 e. The number of amides is 1. The Morgan fingerprint density at radius 1 is 1.27 bits per heavy atom. The molecule has 3 heterocycles. The number of nitrogens with zero attached hydrogens (tertiary/aromatic N) is 2. The quantitative estimate of drug-likeness (QED) is 0.590. The van der Waals surface area contributed by atoms with E-state index in [2.05, 4.69) is 5.16 Å². The molecule has 0 spiro atoms. The van der Waals surface area contributed by atoms with Crippen molar-refractivity contribution in [3.8, 4) is 11.3 Å². The normalized spacial score (nSPS) is 17.9. The van der Waals surface area contributed by atoms with Gasteiger partial charge in [-0.05, 0) is 48.9 Å². The predicted molar refractivity (Wildman–Crippen MR) is 113 cm³/mol. The molecule has 2 aromatic heterocycles. The number of benzene rings is 1. The summed E-state index contributed by atoms with van der Waals surface area (Å²) < 4.78 is 43.2. The van der Waals surface area contributed by atoms with Gasteiger partial charge in [0.25, 0.3) is 5.91 Å². The second kappa shape index (κ2) is 7.96. The highest BCUT2D eigenvalue weighted by molar-refractivity contribution is 7.91. The maximum atomic E-state index is 13.9. The van der Waals surface area contributed by atoms with Crippen molar-refractivity contribution in [3.05, 3.63) is 63.2 Å². The van der Waals surface area contributed by atoms with E-state index in [9.17, 15) is 17.6 Å². The van der Waals surface area contributed by atoms with Crippen LogP contribution in [0.2, 0.25) is 0 Å². The number of sulfone groups is 1. The number of halogens is 1. The number of carbonyl (C=O) groups is 1. The number of carbonyl (C=O) groups excluding carboxylic acids is 1. The monoisotopic (exact) mass is 448 g/mol. The average Bonchev–Trinajstić information content (AvgIpc) is 3.42. The minimum atomic E-state index is -3.17. The second-order valence-electron chi connectivity index (χ2n) is 7.56. The summed E-state index contributed by atoms with van der Waals surface area (Å²) in [4.78, 5) is 15.9. The Kier molecular flexibility index (Phi) is 5.50. The van der Waals surface area contributed by atoms with Crippen LogP contribution in [0.5, 0.6) is 0 Å². The van der Waals surface area contributed by atoms with Gasteiger partial charge in [-0.25, -0.2) is 12.8 Å². The molecule has 0 saturated carbocycles. The van der Waals surface area contributed by atoms with Gasteiger partial charge in [0.1, 0.15) is 5.82 Å². The van der Waals surface area contributed by atoms with E-state index >= 15 is 0 Å². The van der Waals surface area contributed by atoms with Crippen LogP contribution in [0.25, 0.3) is 11.3 Å². The third kappa shape index (κ3) is 4.17. The fourth-order valence-electron chi connectivity index (χ4n) is 3.51. The minimum Gasteiger partial charge on any atom is -0.355 e. The van der Waals surface area contributed by atoms with Crippen LogP contribution in [0.3, 0.4) is 0 Å². The standard InChI is InChI=1S/C21H21FN2O4S2/c1-13-3-4-15(9-17(13)22)19-10-18(23-28-19)21(25)24(11-20-14(2)5-7-29-20)16-6-8-30(26,27)12-16/h3-5,7,9-10,16H,6,8,11-12H2,1-2H3.